The SMILES string of the molecule is Cc1ccc(S(=O)(=O)N(C)c2cccc(C(=O)N(C)Cc3ccccc3F)c2)cc1. The molecule has 0 aliphatic carbocycles. The summed E-state index contributed by atoms with van der Waals surface area (Å²) in [6.07, 6.45) is 0. The first-order valence-electron chi connectivity index (χ1n) is 9.34. The number of carbonyl (C=O) groups is 1. The van der Waals surface area contributed by atoms with Crippen molar-refractivity contribution >= 4 is 21.6 Å². The van der Waals surface area contributed by atoms with E-state index in [1.165, 1.54) is 24.1 Å². The molecule has 30 heavy (non-hydrogen) atoms. The largest absolute Gasteiger partial charge is 0.337 e. The summed E-state index contributed by atoms with van der Waals surface area (Å²) in [6, 6.07) is 19.2. The lowest BCUT2D eigenvalue weighted by molar-refractivity contribution is 0.0784. The van der Waals surface area contributed by atoms with Gasteiger partial charge in [-0.1, -0.05) is 42.0 Å². The van der Waals surface area contributed by atoms with E-state index in [0.717, 1.165) is 9.87 Å². The van der Waals surface area contributed by atoms with Crippen LogP contribution in [0.25, 0.3) is 0 Å². The Balaban J connectivity index is 1.83. The number of hydrogen-bond acceptors (Lipinski definition) is 3. The lowest BCUT2D eigenvalue weighted by Gasteiger charge is -2.22. The molecular formula is C23H23FN2O3S. The first-order valence-corrected chi connectivity index (χ1v) is 10.8. The molecule has 5 nitrogen and oxygen atoms in total. The minimum atomic E-state index is -3.77. The molecule has 0 spiro atoms. The molecule has 0 aliphatic rings. The molecule has 0 aromatic heterocycles. The minimum absolute atomic E-state index is 0.104. The lowest BCUT2D eigenvalue weighted by atomic mass is 10.1. The summed E-state index contributed by atoms with van der Waals surface area (Å²) in [5.74, 6) is -0.712. The van der Waals surface area contributed by atoms with Crippen LogP contribution >= 0.6 is 0 Å². The van der Waals surface area contributed by atoms with Crippen molar-refractivity contribution in [1.82, 2.24) is 4.90 Å². The predicted octanol–water partition coefficient (Wildman–Crippen LogP) is 4.23. The molecule has 0 atom stereocenters. The normalized spacial score (nSPS) is 11.2. The average molecular weight is 427 g/mol. The summed E-state index contributed by atoms with van der Waals surface area (Å²) in [6.45, 7) is 1.99. The van der Waals surface area contributed by atoms with Crippen molar-refractivity contribution in [2.45, 2.75) is 18.4 Å². The highest BCUT2D eigenvalue weighted by Crippen LogP contribution is 2.24. The van der Waals surface area contributed by atoms with E-state index in [4.69, 9.17) is 0 Å². The van der Waals surface area contributed by atoms with Crippen LogP contribution in [0.5, 0.6) is 0 Å². The van der Waals surface area contributed by atoms with Gasteiger partial charge in [-0.05, 0) is 43.3 Å². The molecule has 7 heteroatoms. The fourth-order valence-corrected chi connectivity index (χ4v) is 4.20. The molecule has 0 unspecified atom stereocenters. The third-order valence-corrected chi connectivity index (χ3v) is 6.65. The van der Waals surface area contributed by atoms with Crippen molar-refractivity contribution in [3.63, 3.8) is 0 Å². The molecule has 0 radical (unpaired) electrons. The van der Waals surface area contributed by atoms with Gasteiger partial charge in [0.1, 0.15) is 5.82 Å². The van der Waals surface area contributed by atoms with Crippen molar-refractivity contribution in [3.8, 4) is 0 Å². The van der Waals surface area contributed by atoms with Crippen LogP contribution in [0.4, 0.5) is 10.1 Å². The molecule has 0 saturated heterocycles. The molecule has 3 aromatic carbocycles. The van der Waals surface area contributed by atoms with Gasteiger partial charge in [-0.15, -0.1) is 0 Å². The first-order chi connectivity index (χ1) is 14.2. The number of anilines is 1. The average Bonchev–Trinajstić information content (AvgIpc) is 2.74. The Bertz CT molecular complexity index is 1160. The van der Waals surface area contributed by atoms with Crippen LogP contribution in [0.3, 0.4) is 0 Å². The summed E-state index contributed by atoms with van der Waals surface area (Å²) in [5.41, 5.74) is 2.05. The van der Waals surface area contributed by atoms with Gasteiger partial charge in [-0.2, -0.15) is 0 Å². The number of benzene rings is 3. The second-order valence-corrected chi connectivity index (χ2v) is 9.06. The number of nitrogens with zero attached hydrogens (tertiary/aromatic N) is 2. The molecule has 0 N–H and O–H groups in total. The summed E-state index contributed by atoms with van der Waals surface area (Å²) in [5, 5.41) is 0. The van der Waals surface area contributed by atoms with Gasteiger partial charge in [0.15, 0.2) is 0 Å². The molecular weight excluding hydrogens is 403 g/mol. The molecule has 0 bridgehead atoms. The topological polar surface area (TPSA) is 57.7 Å². The molecule has 156 valence electrons. The molecule has 3 rings (SSSR count). The Morgan fingerprint density at radius 3 is 2.27 bits per heavy atom. The van der Waals surface area contributed by atoms with Gasteiger partial charge in [-0.25, -0.2) is 12.8 Å². The number of aryl methyl sites for hydroxylation is 1. The predicted molar refractivity (Wildman–Crippen MR) is 115 cm³/mol. The first kappa shape index (κ1) is 21.5. The molecule has 0 aliphatic heterocycles. The second kappa shape index (κ2) is 8.67. The second-order valence-electron chi connectivity index (χ2n) is 7.09. The van der Waals surface area contributed by atoms with E-state index in [-0.39, 0.29) is 23.2 Å². The summed E-state index contributed by atoms with van der Waals surface area (Å²) in [7, 11) is -0.743. The van der Waals surface area contributed by atoms with Crippen molar-refractivity contribution in [3.05, 3.63) is 95.3 Å². The van der Waals surface area contributed by atoms with Gasteiger partial charge >= 0.3 is 0 Å². The minimum Gasteiger partial charge on any atom is -0.337 e. The molecule has 0 heterocycles. The maximum atomic E-state index is 13.9. The van der Waals surface area contributed by atoms with Crippen LogP contribution in [0.1, 0.15) is 21.5 Å². The van der Waals surface area contributed by atoms with Crippen LogP contribution in [0, 0.1) is 12.7 Å². The Labute approximate surface area is 176 Å². The Hall–Kier alpha value is -3.19. The van der Waals surface area contributed by atoms with Gasteiger partial charge in [0.25, 0.3) is 15.9 Å². The molecule has 0 fully saturated rings. The highest BCUT2D eigenvalue weighted by Gasteiger charge is 2.22. The number of carbonyl (C=O) groups excluding carboxylic acids is 1. The van der Waals surface area contributed by atoms with E-state index in [9.17, 15) is 17.6 Å². The van der Waals surface area contributed by atoms with Gasteiger partial charge in [0, 0.05) is 31.8 Å². The number of amides is 1. The molecule has 0 saturated carbocycles. The standard InChI is InChI=1S/C23H23FN2O3S/c1-17-11-13-21(14-12-17)30(28,29)26(3)20-9-6-8-18(15-20)23(27)25(2)16-19-7-4-5-10-22(19)24/h4-15H,16H2,1-3H3. The Morgan fingerprint density at radius 2 is 1.60 bits per heavy atom. The third-order valence-electron chi connectivity index (χ3n) is 4.85. The number of halogens is 1. The number of rotatable bonds is 6. The van der Waals surface area contributed by atoms with E-state index in [1.54, 1.807) is 67.7 Å². The van der Waals surface area contributed by atoms with Crippen LogP contribution in [-0.2, 0) is 16.6 Å². The highest BCUT2D eigenvalue weighted by molar-refractivity contribution is 7.92. The third kappa shape index (κ3) is 4.52. The van der Waals surface area contributed by atoms with E-state index in [1.807, 2.05) is 6.92 Å². The number of sulfonamides is 1. The maximum absolute atomic E-state index is 13.9. The quantitative estimate of drug-likeness (QED) is 0.593. The van der Waals surface area contributed by atoms with Crippen molar-refractivity contribution in [1.29, 1.82) is 0 Å². The van der Waals surface area contributed by atoms with Gasteiger partial charge < -0.3 is 4.90 Å². The summed E-state index contributed by atoms with van der Waals surface area (Å²) in [4.78, 5) is 14.4. The Kier molecular flexibility index (Phi) is 6.22. The van der Waals surface area contributed by atoms with Gasteiger partial charge in [-0.3, -0.25) is 9.10 Å². The van der Waals surface area contributed by atoms with Gasteiger partial charge in [0.2, 0.25) is 0 Å². The Morgan fingerprint density at radius 1 is 0.933 bits per heavy atom. The fourth-order valence-electron chi connectivity index (χ4n) is 3.02. The zero-order valence-corrected chi connectivity index (χ0v) is 17.9. The monoisotopic (exact) mass is 426 g/mol. The number of hydrogen-bond donors (Lipinski definition) is 0. The van der Waals surface area contributed by atoms with Crippen LogP contribution < -0.4 is 4.31 Å². The van der Waals surface area contributed by atoms with E-state index in [0.29, 0.717) is 16.8 Å². The van der Waals surface area contributed by atoms with Crippen molar-refractivity contribution < 1.29 is 17.6 Å². The zero-order chi connectivity index (χ0) is 21.9. The summed E-state index contributed by atoms with van der Waals surface area (Å²) >= 11 is 0. The van der Waals surface area contributed by atoms with Gasteiger partial charge in [0.05, 0.1) is 10.6 Å². The molecule has 1 amide bonds. The van der Waals surface area contributed by atoms with E-state index >= 15 is 0 Å². The van der Waals surface area contributed by atoms with Crippen LogP contribution in [-0.4, -0.2) is 33.3 Å². The smallest absolute Gasteiger partial charge is 0.264 e. The maximum Gasteiger partial charge on any atom is 0.264 e. The highest BCUT2D eigenvalue weighted by atomic mass is 32.2. The molecule has 3 aromatic rings. The van der Waals surface area contributed by atoms with Crippen LogP contribution in [0.2, 0.25) is 0 Å². The van der Waals surface area contributed by atoms with E-state index in [2.05, 4.69) is 0 Å². The van der Waals surface area contributed by atoms with E-state index < -0.39 is 10.0 Å². The summed E-state index contributed by atoms with van der Waals surface area (Å²) < 4.78 is 40.9. The van der Waals surface area contributed by atoms with Crippen molar-refractivity contribution in [2.75, 3.05) is 18.4 Å². The zero-order valence-electron chi connectivity index (χ0n) is 17.0. The lowest BCUT2D eigenvalue weighted by Crippen LogP contribution is -2.28. The fraction of sp³-hybridized carbons (Fsp3) is 0.174. The van der Waals surface area contributed by atoms with Crippen LogP contribution in [0.15, 0.2) is 77.7 Å². The van der Waals surface area contributed by atoms with Crippen molar-refractivity contribution in [2.24, 2.45) is 0 Å².